The van der Waals surface area contributed by atoms with E-state index in [0.29, 0.717) is 27.5 Å². The van der Waals surface area contributed by atoms with E-state index in [-0.39, 0.29) is 5.92 Å². The van der Waals surface area contributed by atoms with Gasteiger partial charge in [-0.25, -0.2) is 0 Å². The summed E-state index contributed by atoms with van der Waals surface area (Å²) in [7, 11) is 0. The number of aromatic amines is 2. The fraction of sp³-hybridized carbons (Fsp3) is 0.0333. The molecule has 0 saturated carbocycles. The Hall–Kier alpha value is -4.39. The zero-order valence-corrected chi connectivity index (χ0v) is 21.3. The van der Waals surface area contributed by atoms with Gasteiger partial charge in [0.1, 0.15) is 5.69 Å². The van der Waals surface area contributed by atoms with E-state index in [2.05, 4.69) is 49.7 Å². The van der Waals surface area contributed by atoms with Crippen LogP contribution in [-0.4, -0.2) is 25.1 Å². The molecule has 3 aromatic carbocycles. The number of rotatable bonds is 5. The summed E-state index contributed by atoms with van der Waals surface area (Å²) in [6.45, 7) is 0. The lowest BCUT2D eigenvalue weighted by molar-refractivity contribution is 0.582. The van der Waals surface area contributed by atoms with Crippen LogP contribution in [-0.2, 0) is 0 Å². The highest BCUT2D eigenvalue weighted by Gasteiger charge is 2.24. The highest BCUT2D eigenvalue weighted by Crippen LogP contribution is 2.41. The highest BCUT2D eigenvalue weighted by atomic mass is 35.5. The zero-order chi connectivity index (χ0) is 25.6. The molecule has 0 unspecified atom stereocenters. The second-order valence-corrected chi connectivity index (χ2v) is 9.92. The molecule has 4 heterocycles. The van der Waals surface area contributed by atoms with Crippen molar-refractivity contribution in [2.24, 2.45) is 0 Å². The molecule has 7 rings (SSSR count). The number of hydrogen-bond donors (Lipinski definition) is 2. The number of fused-ring (bicyclic) bond motifs is 2. The van der Waals surface area contributed by atoms with Crippen molar-refractivity contribution in [2.75, 3.05) is 0 Å². The molecule has 0 spiro atoms. The Bertz CT molecular complexity index is 1820. The minimum Gasteiger partial charge on any atom is -0.415 e. The lowest BCUT2D eigenvalue weighted by Crippen LogP contribution is -2.02. The van der Waals surface area contributed by atoms with Crippen molar-refractivity contribution >= 4 is 45.0 Å². The minimum absolute atomic E-state index is 0.0877. The second-order valence-electron chi connectivity index (χ2n) is 9.05. The third-order valence-electron chi connectivity index (χ3n) is 6.77. The molecule has 0 aliphatic rings. The summed E-state index contributed by atoms with van der Waals surface area (Å²) in [5.41, 5.74) is 6.84. The van der Waals surface area contributed by atoms with Crippen LogP contribution in [0.15, 0.2) is 102 Å². The molecule has 38 heavy (non-hydrogen) atoms. The van der Waals surface area contributed by atoms with Crippen LogP contribution in [0.1, 0.15) is 22.6 Å². The molecule has 0 aliphatic carbocycles. The quantitative estimate of drug-likeness (QED) is 0.232. The molecule has 6 nitrogen and oxygen atoms in total. The predicted molar refractivity (Wildman–Crippen MR) is 151 cm³/mol. The van der Waals surface area contributed by atoms with Gasteiger partial charge < -0.3 is 14.4 Å². The predicted octanol–water partition coefficient (Wildman–Crippen LogP) is 8.25. The standard InChI is InChI=1S/C30H19Cl2N5O/c31-19-8-10-25-21(13-19)23(15-34-25)28(24-16-35-26-11-9-20(32)14-22(24)26)17-4-6-18(7-5-17)29-36-37-30(38-29)27-3-1-2-12-33-27/h1-16,28,34-35H. The smallest absolute Gasteiger partial charge is 0.266 e. The van der Waals surface area contributed by atoms with Crippen molar-refractivity contribution in [3.05, 3.63) is 124 Å². The van der Waals surface area contributed by atoms with Gasteiger partial charge in [-0.2, -0.15) is 0 Å². The van der Waals surface area contributed by atoms with Crippen LogP contribution >= 0.6 is 23.2 Å². The number of nitrogens with one attached hydrogen (secondary N) is 2. The van der Waals surface area contributed by atoms with Crippen molar-refractivity contribution in [3.63, 3.8) is 0 Å². The monoisotopic (exact) mass is 535 g/mol. The van der Waals surface area contributed by atoms with E-state index in [1.807, 2.05) is 66.7 Å². The topological polar surface area (TPSA) is 83.4 Å². The Balaban J connectivity index is 1.34. The van der Waals surface area contributed by atoms with Gasteiger partial charge in [0.2, 0.25) is 5.89 Å². The summed E-state index contributed by atoms with van der Waals surface area (Å²) < 4.78 is 5.92. The Morgan fingerprint density at radius 2 is 1.32 bits per heavy atom. The first-order valence-electron chi connectivity index (χ1n) is 12.0. The summed E-state index contributed by atoms with van der Waals surface area (Å²) in [6, 6.07) is 25.6. The largest absolute Gasteiger partial charge is 0.415 e. The van der Waals surface area contributed by atoms with Gasteiger partial charge in [-0.3, -0.25) is 4.98 Å². The van der Waals surface area contributed by atoms with Crippen LogP contribution in [0.25, 0.3) is 44.8 Å². The molecule has 4 aromatic heterocycles. The maximum absolute atomic E-state index is 6.41. The molecule has 0 saturated heterocycles. The lowest BCUT2D eigenvalue weighted by atomic mass is 9.84. The molecule has 0 amide bonds. The third-order valence-corrected chi connectivity index (χ3v) is 7.24. The van der Waals surface area contributed by atoms with Crippen molar-refractivity contribution in [2.45, 2.75) is 5.92 Å². The maximum Gasteiger partial charge on any atom is 0.266 e. The SMILES string of the molecule is Clc1ccc2[nH]cc(C(c3ccc(-c4nnc(-c5ccccn5)o4)cc3)c3c[nH]c4ccc(Cl)cc34)c2c1. The maximum atomic E-state index is 6.41. The zero-order valence-electron chi connectivity index (χ0n) is 19.8. The minimum atomic E-state index is -0.0877. The van der Waals surface area contributed by atoms with E-state index < -0.39 is 0 Å². The first-order valence-corrected chi connectivity index (χ1v) is 12.8. The molecule has 2 N–H and O–H groups in total. The van der Waals surface area contributed by atoms with Crippen LogP contribution in [0, 0.1) is 0 Å². The first-order chi connectivity index (χ1) is 18.6. The van der Waals surface area contributed by atoms with Gasteiger partial charge in [-0.15, -0.1) is 10.2 Å². The summed E-state index contributed by atoms with van der Waals surface area (Å²) in [6.07, 6.45) is 5.81. The number of hydrogen-bond acceptors (Lipinski definition) is 4. The van der Waals surface area contributed by atoms with Crippen molar-refractivity contribution < 1.29 is 4.42 Å². The van der Waals surface area contributed by atoms with Crippen LogP contribution in [0.5, 0.6) is 0 Å². The number of halogens is 2. The van der Waals surface area contributed by atoms with E-state index in [4.69, 9.17) is 27.6 Å². The van der Waals surface area contributed by atoms with Crippen LogP contribution in [0.3, 0.4) is 0 Å². The fourth-order valence-corrected chi connectivity index (χ4v) is 5.33. The Morgan fingerprint density at radius 3 is 1.92 bits per heavy atom. The van der Waals surface area contributed by atoms with Gasteiger partial charge in [-0.1, -0.05) is 41.4 Å². The Kier molecular flexibility index (Phi) is 5.50. The number of nitrogens with zero attached hydrogens (tertiary/aromatic N) is 3. The fourth-order valence-electron chi connectivity index (χ4n) is 4.98. The highest BCUT2D eigenvalue weighted by molar-refractivity contribution is 6.31. The third kappa shape index (κ3) is 3.95. The summed E-state index contributed by atoms with van der Waals surface area (Å²) in [5.74, 6) is 0.732. The lowest BCUT2D eigenvalue weighted by Gasteiger charge is -2.18. The normalized spacial score (nSPS) is 11.7. The number of H-pyrrole nitrogens is 2. The van der Waals surface area contributed by atoms with Crippen molar-refractivity contribution in [1.29, 1.82) is 0 Å². The van der Waals surface area contributed by atoms with Gasteiger partial charge in [0.05, 0.1) is 0 Å². The molecule has 8 heteroatoms. The average Bonchev–Trinajstić information content (AvgIpc) is 3.69. The summed E-state index contributed by atoms with van der Waals surface area (Å²) in [4.78, 5) is 11.1. The van der Waals surface area contributed by atoms with Crippen LogP contribution in [0.2, 0.25) is 10.0 Å². The van der Waals surface area contributed by atoms with Gasteiger partial charge in [0.15, 0.2) is 0 Å². The molecule has 184 valence electrons. The summed E-state index contributed by atoms with van der Waals surface area (Å²) >= 11 is 12.8. The van der Waals surface area contributed by atoms with Gasteiger partial charge >= 0.3 is 0 Å². The average molecular weight is 536 g/mol. The molecule has 0 atom stereocenters. The molecule has 0 bridgehead atoms. The van der Waals surface area contributed by atoms with Gasteiger partial charge in [0.25, 0.3) is 5.89 Å². The number of aromatic nitrogens is 5. The molecule has 0 aliphatic heterocycles. The van der Waals surface area contributed by atoms with Gasteiger partial charge in [-0.05, 0) is 77.4 Å². The molecule has 0 fully saturated rings. The molecule has 0 radical (unpaired) electrons. The second kappa shape index (κ2) is 9.17. The van der Waals surface area contributed by atoms with E-state index >= 15 is 0 Å². The van der Waals surface area contributed by atoms with Crippen LogP contribution in [0.4, 0.5) is 0 Å². The Labute approximate surface area is 227 Å². The van der Waals surface area contributed by atoms with E-state index in [1.54, 1.807) is 6.20 Å². The molecule has 7 aromatic rings. The Morgan fingerprint density at radius 1 is 0.684 bits per heavy atom. The van der Waals surface area contributed by atoms with E-state index in [9.17, 15) is 0 Å². The van der Waals surface area contributed by atoms with E-state index in [0.717, 1.165) is 44.1 Å². The van der Waals surface area contributed by atoms with Crippen molar-refractivity contribution in [1.82, 2.24) is 25.1 Å². The first kappa shape index (κ1) is 22.8. The number of pyridine rings is 1. The number of benzene rings is 3. The van der Waals surface area contributed by atoms with Gasteiger partial charge in [0, 0.05) is 61.9 Å². The summed E-state index contributed by atoms with van der Waals surface area (Å²) in [5, 5.41) is 11.9. The van der Waals surface area contributed by atoms with Crippen molar-refractivity contribution in [3.8, 4) is 23.0 Å². The van der Waals surface area contributed by atoms with E-state index in [1.165, 1.54) is 0 Å². The molecular weight excluding hydrogens is 517 g/mol. The van der Waals surface area contributed by atoms with Crippen LogP contribution < -0.4 is 0 Å². The molecular formula is C30H19Cl2N5O.